The minimum atomic E-state index is -1.80. The number of carbonyl (C=O) groups is 2. The van der Waals surface area contributed by atoms with Crippen LogP contribution in [0.3, 0.4) is 0 Å². The number of rotatable bonds is 8. The van der Waals surface area contributed by atoms with Crippen molar-refractivity contribution in [1.29, 1.82) is 0 Å². The van der Waals surface area contributed by atoms with Gasteiger partial charge in [0.1, 0.15) is 45.6 Å². The maximum Gasteiger partial charge on any atom is 0.224 e. The second kappa shape index (κ2) is 9.42. The number of fused-ring (bicyclic) bond motifs is 3. The summed E-state index contributed by atoms with van der Waals surface area (Å²) in [6.07, 6.45) is -1.50. The molecule has 200 valence electrons. The van der Waals surface area contributed by atoms with Crippen LogP contribution in [0.5, 0.6) is 34.5 Å². The quantitative estimate of drug-likeness (QED) is 0.285. The fourth-order valence-corrected chi connectivity index (χ4v) is 5.23. The molecule has 0 amide bonds. The molecule has 10 heteroatoms. The minimum Gasteiger partial charge on any atom is -0.507 e. The van der Waals surface area contributed by atoms with E-state index in [9.17, 15) is 40.2 Å². The van der Waals surface area contributed by atoms with Gasteiger partial charge in [0.2, 0.25) is 5.79 Å². The molecule has 1 saturated heterocycles. The second-order valence-electron chi connectivity index (χ2n) is 10.6. The van der Waals surface area contributed by atoms with Gasteiger partial charge >= 0.3 is 0 Å². The van der Waals surface area contributed by atoms with E-state index >= 15 is 0 Å². The number of ketones is 2. The second-order valence-corrected chi connectivity index (χ2v) is 10.6. The summed E-state index contributed by atoms with van der Waals surface area (Å²) < 4.78 is 11.9. The third-order valence-electron chi connectivity index (χ3n) is 6.75. The van der Waals surface area contributed by atoms with E-state index in [2.05, 4.69) is 0 Å². The Hall–Kier alpha value is -3.50. The van der Waals surface area contributed by atoms with E-state index in [1.54, 1.807) is 13.8 Å². The Kier molecular flexibility index (Phi) is 6.76. The molecule has 3 unspecified atom stereocenters. The van der Waals surface area contributed by atoms with Crippen LogP contribution in [0, 0.1) is 11.8 Å². The number of carbonyl (C=O) groups excluding carboxylic acids is 2. The summed E-state index contributed by atoms with van der Waals surface area (Å²) in [4.78, 5) is 25.7. The van der Waals surface area contributed by atoms with E-state index < -0.39 is 64.5 Å². The van der Waals surface area contributed by atoms with Gasteiger partial charge in [-0.15, -0.1) is 0 Å². The number of ether oxygens (including phenoxy) is 2. The van der Waals surface area contributed by atoms with E-state index in [0.29, 0.717) is 0 Å². The average Bonchev–Trinajstić information content (AvgIpc) is 3.24. The predicted molar refractivity (Wildman–Crippen MR) is 131 cm³/mol. The number of Topliss-reactive ketones (excluding diaryl/α,β-unsaturated/α-hetero) is 2. The summed E-state index contributed by atoms with van der Waals surface area (Å²) in [5, 5.41) is 63.9. The van der Waals surface area contributed by atoms with E-state index in [0.717, 1.165) is 12.1 Å². The highest BCUT2D eigenvalue weighted by Crippen LogP contribution is 2.59. The summed E-state index contributed by atoms with van der Waals surface area (Å²) in [6.45, 7) is 7.03. The molecule has 3 atom stereocenters. The molecule has 0 saturated carbocycles. The maximum absolute atomic E-state index is 13.0. The smallest absolute Gasteiger partial charge is 0.224 e. The molecule has 2 aliphatic rings. The SMILES string of the molecule is CC(C)CC(=O)c1c(O)cc(O)c(CC23OCC(O)C2c2c(O)cc(O)c(C(=O)CC(C)C)c2O3)c1O. The lowest BCUT2D eigenvalue weighted by Gasteiger charge is -2.29. The van der Waals surface area contributed by atoms with Gasteiger partial charge in [-0.2, -0.15) is 0 Å². The molecular weight excluding hydrogens is 484 g/mol. The van der Waals surface area contributed by atoms with Crippen LogP contribution in [0.4, 0.5) is 0 Å². The number of hydrogen-bond donors (Lipinski definition) is 6. The summed E-state index contributed by atoms with van der Waals surface area (Å²) in [6, 6.07) is 1.94. The predicted octanol–water partition coefficient (Wildman–Crippen LogP) is 3.48. The highest BCUT2D eigenvalue weighted by Gasteiger charge is 2.60. The lowest BCUT2D eigenvalue weighted by Crippen LogP contribution is -2.40. The van der Waals surface area contributed by atoms with Gasteiger partial charge in [-0.1, -0.05) is 27.7 Å². The number of benzene rings is 2. The maximum atomic E-state index is 13.0. The van der Waals surface area contributed by atoms with Gasteiger partial charge in [-0.05, 0) is 11.8 Å². The van der Waals surface area contributed by atoms with Gasteiger partial charge < -0.3 is 40.1 Å². The van der Waals surface area contributed by atoms with E-state index in [1.165, 1.54) is 0 Å². The third kappa shape index (κ3) is 4.44. The summed E-state index contributed by atoms with van der Waals surface area (Å²) in [7, 11) is 0. The number of hydrogen-bond acceptors (Lipinski definition) is 10. The molecule has 10 nitrogen and oxygen atoms in total. The minimum absolute atomic E-state index is 0.0325. The molecule has 2 aromatic rings. The fourth-order valence-electron chi connectivity index (χ4n) is 5.23. The number of aliphatic hydroxyl groups excluding tert-OH is 1. The molecule has 6 N–H and O–H groups in total. The van der Waals surface area contributed by atoms with Crippen LogP contribution in [-0.4, -0.2) is 60.7 Å². The molecule has 0 spiro atoms. The lowest BCUT2D eigenvalue weighted by atomic mass is 9.84. The molecule has 0 radical (unpaired) electrons. The molecule has 2 heterocycles. The first-order valence-electron chi connectivity index (χ1n) is 12.2. The van der Waals surface area contributed by atoms with Crippen molar-refractivity contribution >= 4 is 11.6 Å². The van der Waals surface area contributed by atoms with Crippen molar-refractivity contribution in [2.75, 3.05) is 6.61 Å². The summed E-state index contributed by atoms with van der Waals surface area (Å²) in [5.41, 5.74) is -0.658. The van der Waals surface area contributed by atoms with E-state index in [1.807, 2.05) is 13.8 Å². The van der Waals surface area contributed by atoms with Crippen molar-refractivity contribution in [3.63, 3.8) is 0 Å². The first-order valence-corrected chi connectivity index (χ1v) is 12.2. The molecule has 0 aromatic heterocycles. The zero-order chi connectivity index (χ0) is 27.4. The molecule has 0 aliphatic carbocycles. The van der Waals surface area contributed by atoms with Gasteiger partial charge in [0, 0.05) is 42.5 Å². The van der Waals surface area contributed by atoms with Crippen LogP contribution in [0.15, 0.2) is 12.1 Å². The number of aliphatic hydroxyl groups is 1. The van der Waals surface area contributed by atoms with Crippen molar-refractivity contribution in [3.05, 3.63) is 34.4 Å². The molecule has 0 bridgehead atoms. The molecule has 2 aliphatic heterocycles. The van der Waals surface area contributed by atoms with Gasteiger partial charge in [0.25, 0.3) is 0 Å². The van der Waals surface area contributed by atoms with Crippen LogP contribution in [-0.2, 0) is 11.2 Å². The molecular formula is C27H32O10. The van der Waals surface area contributed by atoms with Crippen LogP contribution in [0.1, 0.15) is 78.3 Å². The fraction of sp³-hybridized carbons (Fsp3) is 0.481. The molecule has 2 aromatic carbocycles. The summed E-state index contributed by atoms with van der Waals surface area (Å²) >= 11 is 0. The Bertz CT molecular complexity index is 1260. The number of phenolic OH excluding ortho intramolecular Hbond substituents is 5. The van der Waals surface area contributed by atoms with Crippen LogP contribution < -0.4 is 4.74 Å². The van der Waals surface area contributed by atoms with Crippen LogP contribution in [0.2, 0.25) is 0 Å². The van der Waals surface area contributed by atoms with Crippen molar-refractivity contribution in [2.24, 2.45) is 11.8 Å². The van der Waals surface area contributed by atoms with E-state index in [4.69, 9.17) is 9.47 Å². The highest BCUT2D eigenvalue weighted by molar-refractivity contribution is 6.03. The zero-order valence-electron chi connectivity index (χ0n) is 21.1. The highest BCUT2D eigenvalue weighted by atomic mass is 16.7. The Balaban J connectivity index is 1.84. The van der Waals surface area contributed by atoms with Gasteiger partial charge in [0.05, 0.1) is 18.6 Å². The Morgan fingerprint density at radius 1 is 0.892 bits per heavy atom. The number of aromatic hydroxyl groups is 5. The summed E-state index contributed by atoms with van der Waals surface area (Å²) in [5.74, 6) is -6.81. The van der Waals surface area contributed by atoms with Gasteiger partial charge in [-0.3, -0.25) is 9.59 Å². The first-order chi connectivity index (χ1) is 17.3. The zero-order valence-corrected chi connectivity index (χ0v) is 21.1. The van der Waals surface area contributed by atoms with Crippen molar-refractivity contribution in [2.45, 2.75) is 64.8 Å². The van der Waals surface area contributed by atoms with Crippen LogP contribution in [0.25, 0.3) is 0 Å². The number of phenols is 5. The topological polar surface area (TPSA) is 174 Å². The monoisotopic (exact) mass is 516 g/mol. The van der Waals surface area contributed by atoms with E-state index in [-0.39, 0.29) is 59.3 Å². The van der Waals surface area contributed by atoms with Crippen LogP contribution >= 0.6 is 0 Å². The van der Waals surface area contributed by atoms with Gasteiger partial charge in [0.15, 0.2) is 11.6 Å². The Morgan fingerprint density at radius 3 is 2.03 bits per heavy atom. The third-order valence-corrected chi connectivity index (χ3v) is 6.75. The van der Waals surface area contributed by atoms with Crippen molar-refractivity contribution in [3.8, 4) is 34.5 Å². The Labute approximate surface area is 213 Å². The van der Waals surface area contributed by atoms with Crippen molar-refractivity contribution < 1.29 is 49.7 Å². The molecule has 4 rings (SSSR count). The Morgan fingerprint density at radius 2 is 1.43 bits per heavy atom. The molecule has 37 heavy (non-hydrogen) atoms. The normalized spacial score (nSPS) is 22.2. The average molecular weight is 517 g/mol. The standard InChI is InChI=1S/C27H32O10/c1-11(2)5-15(29)21-17(31)7-14(28)13(25(21)35)9-27-24(20(34)10-36-27)23-19(33)8-18(32)22(26(23)37-27)16(30)6-12(3)4/h7-8,11-12,20,24,28,31-35H,5-6,9-10H2,1-4H3. The van der Waals surface area contributed by atoms with Crippen molar-refractivity contribution in [1.82, 2.24) is 0 Å². The van der Waals surface area contributed by atoms with Gasteiger partial charge in [-0.25, -0.2) is 0 Å². The lowest BCUT2D eigenvalue weighted by molar-refractivity contribution is -0.144. The first kappa shape index (κ1) is 26.6. The molecule has 1 fully saturated rings. The largest absolute Gasteiger partial charge is 0.507 e.